The summed E-state index contributed by atoms with van der Waals surface area (Å²) in [7, 11) is -8.67. The minimum atomic E-state index is -4.34. The first-order valence-electron chi connectivity index (χ1n) is 14.8. The number of phosphoric acid groups is 2. The number of likely N-dealkylation sites (tertiary alicyclic amines) is 1. The highest BCUT2D eigenvalue weighted by Gasteiger charge is 2.47. The Morgan fingerprint density at radius 3 is 1.04 bits per heavy atom. The van der Waals surface area contributed by atoms with Gasteiger partial charge in [0.15, 0.2) is 0 Å². The second kappa shape index (κ2) is 14.8. The molecule has 0 amide bonds. The molecule has 0 bridgehead atoms. The van der Waals surface area contributed by atoms with E-state index in [9.17, 15) is 9.13 Å². The smallest absolute Gasteiger partial charge is 0.395 e. The summed E-state index contributed by atoms with van der Waals surface area (Å²) >= 11 is 0. The Labute approximate surface area is 268 Å². The number of benzene rings is 5. The van der Waals surface area contributed by atoms with Gasteiger partial charge in [0.1, 0.15) is 35.2 Å². The Bertz CT molecular complexity index is 1550. The molecule has 0 saturated carbocycles. The Balaban J connectivity index is 1.31. The van der Waals surface area contributed by atoms with E-state index in [0.29, 0.717) is 29.5 Å². The molecule has 1 fully saturated rings. The molecule has 0 spiro atoms. The molecule has 1 saturated heterocycles. The fourth-order valence-corrected chi connectivity index (χ4v) is 7.72. The third-order valence-corrected chi connectivity index (χ3v) is 9.71. The molecule has 0 aliphatic carbocycles. The molecule has 2 atom stereocenters. The van der Waals surface area contributed by atoms with Crippen molar-refractivity contribution in [3.63, 3.8) is 0 Å². The second-order valence-electron chi connectivity index (χ2n) is 10.5. The zero-order valence-corrected chi connectivity index (χ0v) is 26.6. The van der Waals surface area contributed by atoms with Gasteiger partial charge in [-0.3, -0.25) is 13.9 Å². The van der Waals surface area contributed by atoms with E-state index >= 15 is 0 Å². The summed E-state index contributed by atoms with van der Waals surface area (Å²) in [5, 5.41) is 0. The van der Waals surface area contributed by atoms with E-state index in [1.165, 1.54) is 0 Å². The molecule has 5 aromatic rings. The third-order valence-electron chi connectivity index (χ3n) is 6.91. The van der Waals surface area contributed by atoms with E-state index < -0.39 is 27.9 Å². The average molecular weight is 658 g/mol. The van der Waals surface area contributed by atoms with Crippen LogP contribution in [0.5, 0.6) is 23.0 Å². The largest absolute Gasteiger partial charge is 0.587 e. The van der Waals surface area contributed by atoms with Gasteiger partial charge in [0.2, 0.25) is 0 Å². The van der Waals surface area contributed by atoms with Gasteiger partial charge in [-0.1, -0.05) is 103 Å². The van der Waals surface area contributed by atoms with Crippen LogP contribution in [0.3, 0.4) is 0 Å². The molecule has 236 valence electrons. The van der Waals surface area contributed by atoms with Crippen LogP contribution in [-0.2, 0) is 24.7 Å². The highest BCUT2D eigenvalue weighted by molar-refractivity contribution is 7.49. The van der Waals surface area contributed by atoms with Crippen molar-refractivity contribution in [3.05, 3.63) is 157 Å². The van der Waals surface area contributed by atoms with Crippen molar-refractivity contribution in [3.8, 4) is 23.0 Å². The molecule has 9 nitrogen and oxygen atoms in total. The number of hydrogen-bond donors (Lipinski definition) is 0. The molecule has 11 heteroatoms. The second-order valence-corrected chi connectivity index (χ2v) is 13.4. The van der Waals surface area contributed by atoms with Gasteiger partial charge in [0.25, 0.3) is 0 Å². The predicted octanol–water partition coefficient (Wildman–Crippen LogP) is 8.80. The molecule has 0 radical (unpaired) electrons. The lowest BCUT2D eigenvalue weighted by molar-refractivity contribution is 0.0514. The van der Waals surface area contributed by atoms with Crippen LogP contribution in [0.15, 0.2) is 152 Å². The van der Waals surface area contributed by atoms with E-state index in [4.69, 9.17) is 27.1 Å². The average Bonchev–Trinajstić information content (AvgIpc) is 3.41. The van der Waals surface area contributed by atoms with Crippen molar-refractivity contribution < 1.29 is 36.3 Å². The molecule has 0 aromatic heterocycles. The van der Waals surface area contributed by atoms with Gasteiger partial charge in [-0.2, -0.15) is 0 Å². The minimum Gasteiger partial charge on any atom is -0.395 e. The summed E-state index contributed by atoms with van der Waals surface area (Å²) in [5.74, 6) is 1.18. The molecule has 6 rings (SSSR count). The number of rotatable bonds is 14. The molecule has 1 aliphatic heterocycles. The van der Waals surface area contributed by atoms with Crippen molar-refractivity contribution in [2.24, 2.45) is 0 Å². The van der Waals surface area contributed by atoms with Crippen LogP contribution in [0.1, 0.15) is 5.56 Å². The summed E-state index contributed by atoms with van der Waals surface area (Å²) < 4.78 is 64.9. The van der Waals surface area contributed by atoms with E-state index in [1.54, 1.807) is 97.1 Å². The quantitative estimate of drug-likeness (QED) is 0.109. The predicted molar refractivity (Wildman–Crippen MR) is 175 cm³/mol. The van der Waals surface area contributed by atoms with Gasteiger partial charge in [-0.25, -0.2) is 9.13 Å². The Kier molecular flexibility index (Phi) is 10.2. The van der Waals surface area contributed by atoms with Gasteiger partial charge in [-0.15, -0.1) is 0 Å². The molecule has 2 unspecified atom stereocenters. The van der Waals surface area contributed by atoms with E-state index in [-0.39, 0.29) is 13.1 Å². The minimum absolute atomic E-state index is 0.260. The standard InChI is InChI=1S/C35H33NO8P2/c37-45(39-30-18-8-2-9-19-30,40-31-20-10-3-11-21-31)43-34-27-36(26-29-16-6-1-7-17-29)28-35(34)44-46(38,41-32-22-12-4-13-23-32)42-33-24-14-5-15-25-33/h1-25,34-35H,26-28H2. The van der Waals surface area contributed by atoms with Crippen molar-refractivity contribution >= 4 is 15.6 Å². The Morgan fingerprint density at radius 2 is 0.739 bits per heavy atom. The molecular weight excluding hydrogens is 624 g/mol. The number of hydrogen-bond acceptors (Lipinski definition) is 9. The molecule has 1 heterocycles. The lowest BCUT2D eigenvalue weighted by Crippen LogP contribution is -2.31. The van der Waals surface area contributed by atoms with Gasteiger partial charge in [-0.05, 0) is 54.1 Å². The normalized spacial score (nSPS) is 16.9. The maximum Gasteiger partial charge on any atom is 0.587 e. The first-order chi connectivity index (χ1) is 22.4. The molecule has 5 aromatic carbocycles. The van der Waals surface area contributed by atoms with Crippen LogP contribution in [0.4, 0.5) is 0 Å². The zero-order chi connectivity index (χ0) is 31.7. The lowest BCUT2D eigenvalue weighted by Gasteiger charge is -2.27. The van der Waals surface area contributed by atoms with Crippen molar-refractivity contribution in [1.29, 1.82) is 0 Å². The maximum atomic E-state index is 14.4. The third kappa shape index (κ3) is 8.88. The lowest BCUT2D eigenvalue weighted by atomic mass is 10.2. The number of nitrogens with zero attached hydrogens (tertiary/aromatic N) is 1. The van der Waals surface area contributed by atoms with Crippen molar-refractivity contribution in [2.75, 3.05) is 13.1 Å². The van der Waals surface area contributed by atoms with Gasteiger partial charge in [0.05, 0.1) is 0 Å². The fourth-order valence-electron chi connectivity index (χ4n) is 4.89. The van der Waals surface area contributed by atoms with Crippen LogP contribution >= 0.6 is 15.6 Å². The van der Waals surface area contributed by atoms with E-state index in [1.807, 2.05) is 54.6 Å². The summed E-state index contributed by atoms with van der Waals surface area (Å²) in [6.07, 6.45) is -1.84. The van der Waals surface area contributed by atoms with Crippen molar-refractivity contribution in [1.82, 2.24) is 4.90 Å². The molecule has 1 aliphatic rings. The van der Waals surface area contributed by atoms with Gasteiger partial charge >= 0.3 is 15.6 Å². The van der Waals surface area contributed by atoms with Gasteiger partial charge < -0.3 is 18.1 Å². The Morgan fingerprint density at radius 1 is 0.457 bits per heavy atom. The topological polar surface area (TPSA) is 92.8 Å². The van der Waals surface area contributed by atoms with Crippen LogP contribution < -0.4 is 18.1 Å². The summed E-state index contributed by atoms with van der Waals surface area (Å²) in [4.78, 5) is 2.05. The van der Waals surface area contributed by atoms with Crippen LogP contribution in [0.25, 0.3) is 0 Å². The summed E-state index contributed by atoms with van der Waals surface area (Å²) in [6, 6.07) is 44.4. The van der Waals surface area contributed by atoms with Crippen molar-refractivity contribution in [2.45, 2.75) is 18.8 Å². The maximum absolute atomic E-state index is 14.4. The zero-order valence-electron chi connectivity index (χ0n) is 24.8. The summed E-state index contributed by atoms with van der Waals surface area (Å²) in [6.45, 7) is 1.06. The van der Waals surface area contributed by atoms with Crippen LogP contribution in [0, 0.1) is 0 Å². The SMILES string of the molecule is O=P(Oc1ccccc1)(Oc1ccccc1)OC1CN(Cc2ccccc2)CC1OP(=O)(Oc1ccccc1)Oc1ccccc1. The first-order valence-corrected chi connectivity index (χ1v) is 17.7. The Hall–Kier alpha value is -4.36. The highest BCUT2D eigenvalue weighted by Crippen LogP contribution is 2.55. The first kappa shape index (κ1) is 31.6. The molecular formula is C35H33NO8P2. The number of para-hydroxylation sites is 4. The van der Waals surface area contributed by atoms with E-state index in [0.717, 1.165) is 5.56 Å². The van der Waals surface area contributed by atoms with Gasteiger partial charge in [0, 0.05) is 19.6 Å². The highest BCUT2D eigenvalue weighted by atomic mass is 31.2. The monoisotopic (exact) mass is 657 g/mol. The molecule has 46 heavy (non-hydrogen) atoms. The molecule has 0 N–H and O–H groups in total. The van der Waals surface area contributed by atoms with Crippen LogP contribution in [-0.4, -0.2) is 30.2 Å². The fraction of sp³-hybridized carbons (Fsp3) is 0.143. The van der Waals surface area contributed by atoms with Crippen LogP contribution in [0.2, 0.25) is 0 Å². The van der Waals surface area contributed by atoms with E-state index in [2.05, 4.69) is 4.90 Å². The number of phosphoric ester groups is 2. The summed E-state index contributed by atoms with van der Waals surface area (Å²) in [5.41, 5.74) is 1.05.